The minimum absolute atomic E-state index is 0.0693. The number of benzene rings is 2. The quantitative estimate of drug-likeness (QED) is 0.0975. The number of fused-ring (bicyclic) bond motifs is 2. The Morgan fingerprint density at radius 1 is 0.778 bits per heavy atom. The molecule has 6 aromatic rings. The monoisotopic (exact) mass is 922 g/mol. The molecule has 0 spiro atoms. The van der Waals surface area contributed by atoms with E-state index in [2.05, 4.69) is 83.7 Å². The summed E-state index contributed by atoms with van der Waals surface area (Å²) in [6.07, 6.45) is 12.3. The number of ether oxygens (including phenoxy) is 2. The second kappa shape index (κ2) is 16.4. The highest BCUT2D eigenvalue weighted by atomic mass is 79.9. The lowest BCUT2D eigenvalue weighted by Gasteiger charge is -2.12. The van der Waals surface area contributed by atoms with Gasteiger partial charge < -0.3 is 31.2 Å². The van der Waals surface area contributed by atoms with Gasteiger partial charge >= 0.3 is 0 Å². The normalized spacial score (nSPS) is 13.7. The molecule has 0 saturated heterocycles. The van der Waals surface area contributed by atoms with Crippen LogP contribution in [0.15, 0.2) is 75.0 Å². The first-order valence-corrected chi connectivity index (χ1v) is 19.7. The molecule has 0 unspecified atom stereocenters. The number of aromatic nitrogens is 6. The molecule has 4 heterocycles. The van der Waals surface area contributed by atoms with Crippen LogP contribution >= 0.6 is 47.8 Å². The van der Waals surface area contributed by atoms with Gasteiger partial charge in [-0.25, -0.2) is 19.9 Å². The van der Waals surface area contributed by atoms with Crippen molar-refractivity contribution in [2.75, 3.05) is 32.6 Å². The summed E-state index contributed by atoms with van der Waals surface area (Å²) in [5.41, 5.74) is 11.5. The van der Waals surface area contributed by atoms with Crippen LogP contribution < -0.4 is 31.2 Å². The number of nitrogens with zero attached hydrogens (tertiary/aromatic N) is 6. The molecule has 2 aliphatic carbocycles. The number of imidazole rings is 2. The molecular weight excluding hydrogens is 888 g/mol. The zero-order valence-electron chi connectivity index (χ0n) is 29.4. The molecule has 0 aliphatic heterocycles. The Labute approximate surface area is 336 Å². The lowest BCUT2D eigenvalue weighted by atomic mass is 10.1. The van der Waals surface area contributed by atoms with Gasteiger partial charge in [0, 0.05) is 53.3 Å². The Morgan fingerprint density at radius 2 is 1.28 bits per heavy atom. The number of carbonyl (C=O) groups is 2. The predicted molar refractivity (Wildman–Crippen MR) is 216 cm³/mol. The molecule has 2 amide bonds. The first kappa shape index (κ1) is 37.7. The Morgan fingerprint density at radius 3 is 1.78 bits per heavy atom. The minimum Gasteiger partial charge on any atom is -0.496 e. The molecule has 2 fully saturated rings. The molecule has 17 heteroatoms. The predicted octanol–water partition coefficient (Wildman–Crippen LogP) is 6.64. The van der Waals surface area contributed by atoms with Gasteiger partial charge in [-0.1, -0.05) is 0 Å². The van der Waals surface area contributed by atoms with Crippen LogP contribution in [-0.2, 0) is 0 Å². The fourth-order valence-corrected chi connectivity index (χ4v) is 7.28. The number of amides is 2. The van der Waals surface area contributed by atoms with Crippen molar-refractivity contribution in [2.24, 2.45) is 5.73 Å². The van der Waals surface area contributed by atoms with Gasteiger partial charge in [0.1, 0.15) is 20.7 Å². The Kier molecular flexibility index (Phi) is 11.5. The topological polar surface area (TPSA) is 175 Å². The molecule has 280 valence electrons. The van der Waals surface area contributed by atoms with Crippen LogP contribution in [0.2, 0.25) is 0 Å². The van der Waals surface area contributed by atoms with Gasteiger partial charge in [-0.2, -0.15) is 0 Å². The van der Waals surface area contributed by atoms with E-state index in [9.17, 15) is 9.59 Å². The molecule has 0 radical (unpaired) electrons. The van der Waals surface area contributed by atoms with Gasteiger partial charge in [0.05, 0.1) is 38.0 Å². The maximum Gasteiger partial charge on any atom is 0.251 e. The van der Waals surface area contributed by atoms with E-state index in [0.29, 0.717) is 78.7 Å². The van der Waals surface area contributed by atoms with Crippen molar-refractivity contribution in [1.29, 1.82) is 0 Å². The third kappa shape index (κ3) is 8.38. The molecule has 0 atom stereocenters. The molecule has 54 heavy (non-hydrogen) atoms. The van der Waals surface area contributed by atoms with Gasteiger partial charge in [0.25, 0.3) is 11.8 Å². The summed E-state index contributed by atoms with van der Waals surface area (Å²) in [4.78, 5) is 42.4. The third-order valence-electron chi connectivity index (χ3n) is 8.86. The number of methoxy groups -OCH3 is 2. The van der Waals surface area contributed by atoms with E-state index < -0.39 is 0 Å². The van der Waals surface area contributed by atoms with E-state index in [-0.39, 0.29) is 11.8 Å². The summed E-state index contributed by atoms with van der Waals surface area (Å²) in [6, 6.07) is 11.5. The molecule has 0 bridgehead atoms. The van der Waals surface area contributed by atoms with Crippen molar-refractivity contribution in [1.82, 2.24) is 39.4 Å². The van der Waals surface area contributed by atoms with Crippen LogP contribution in [0.25, 0.3) is 33.8 Å². The van der Waals surface area contributed by atoms with Crippen LogP contribution in [-0.4, -0.2) is 79.9 Å². The van der Waals surface area contributed by atoms with Crippen molar-refractivity contribution in [3.63, 3.8) is 0 Å². The fourth-order valence-electron chi connectivity index (χ4n) is 5.79. The van der Waals surface area contributed by atoms with Crippen LogP contribution in [0.1, 0.15) is 52.8 Å². The number of anilines is 1. The first-order chi connectivity index (χ1) is 26.2. The molecule has 2 aliphatic rings. The molecule has 14 nitrogen and oxygen atoms in total. The number of halogens is 3. The average molecular weight is 925 g/mol. The van der Waals surface area contributed by atoms with Crippen LogP contribution in [0.3, 0.4) is 0 Å². The molecule has 5 N–H and O–H groups in total. The second-order valence-electron chi connectivity index (χ2n) is 12.8. The van der Waals surface area contributed by atoms with E-state index in [0.717, 1.165) is 54.6 Å². The third-order valence-corrected chi connectivity index (χ3v) is 10.2. The molecular formula is C37H37Br3N10O4. The summed E-state index contributed by atoms with van der Waals surface area (Å²) < 4.78 is 17.0. The number of nitrogens with two attached hydrogens (primary N) is 1. The average Bonchev–Trinajstić information content (AvgIpc) is 4.09. The molecule has 2 aromatic carbocycles. The maximum absolute atomic E-state index is 12.4. The number of nitrogens with one attached hydrogen (secondary N) is 3. The van der Waals surface area contributed by atoms with E-state index >= 15 is 0 Å². The van der Waals surface area contributed by atoms with Gasteiger partial charge in [0.15, 0.2) is 21.7 Å². The largest absolute Gasteiger partial charge is 0.496 e. The van der Waals surface area contributed by atoms with Crippen molar-refractivity contribution < 1.29 is 19.1 Å². The van der Waals surface area contributed by atoms with Crippen LogP contribution in [0, 0.1) is 0 Å². The number of hydrogen-bond donors (Lipinski definition) is 4. The Hall–Kier alpha value is -4.58. The van der Waals surface area contributed by atoms with Crippen molar-refractivity contribution in [3.05, 3.63) is 86.1 Å². The van der Waals surface area contributed by atoms with Crippen LogP contribution in [0.4, 0.5) is 5.82 Å². The van der Waals surface area contributed by atoms with Crippen LogP contribution in [0.5, 0.6) is 11.5 Å². The lowest BCUT2D eigenvalue weighted by Crippen LogP contribution is -2.25. The summed E-state index contributed by atoms with van der Waals surface area (Å²) in [6.45, 7) is 1.32. The SMILES string of the molecule is COc1cc(C(=O)NC2CC2)ccc1-c1cnc2c(Br)nc(Br)cn12.COc1cc(C(=O)NC2CC2)ccc1-c1cnc2c(NCCCN)nc(Br)cn12. The highest BCUT2D eigenvalue weighted by Crippen LogP contribution is 2.35. The number of carbonyl (C=O) groups excluding carboxylic acids is 2. The van der Waals surface area contributed by atoms with Crippen molar-refractivity contribution in [3.8, 4) is 34.0 Å². The van der Waals surface area contributed by atoms with Gasteiger partial charge in [-0.05, 0) is 123 Å². The van der Waals surface area contributed by atoms with Crippen molar-refractivity contribution in [2.45, 2.75) is 44.2 Å². The van der Waals surface area contributed by atoms with Crippen molar-refractivity contribution >= 4 is 76.7 Å². The van der Waals surface area contributed by atoms with Gasteiger partial charge in [-0.15, -0.1) is 0 Å². The second-order valence-corrected chi connectivity index (χ2v) is 15.2. The first-order valence-electron chi connectivity index (χ1n) is 17.3. The zero-order valence-corrected chi connectivity index (χ0v) is 34.2. The van der Waals surface area contributed by atoms with E-state index in [4.69, 9.17) is 15.2 Å². The Balaban J connectivity index is 0.000000168. The van der Waals surface area contributed by atoms with Gasteiger partial charge in [-0.3, -0.25) is 18.4 Å². The number of hydrogen-bond acceptors (Lipinski definition) is 10. The number of rotatable bonds is 12. The lowest BCUT2D eigenvalue weighted by molar-refractivity contribution is 0.0942. The minimum atomic E-state index is -0.0752. The van der Waals surface area contributed by atoms with E-state index in [1.807, 2.05) is 39.4 Å². The highest BCUT2D eigenvalue weighted by molar-refractivity contribution is 9.11. The summed E-state index contributed by atoms with van der Waals surface area (Å²) in [5.74, 6) is 1.77. The fraction of sp³-hybridized carbons (Fsp3) is 0.297. The standard InChI is InChI=1S/C20H23BrN6O2.C17H14Br2N4O2/c1-29-16-9-12(20(28)25-13-4-5-13)3-6-14(16)15-10-24-19-18(23-8-2-7-22)26-17(21)11-27(15)19;1-25-13-6-9(17(24)21-10-3-4-10)2-5-11(13)12-7-20-16-15(19)22-14(18)8-23(12)16/h3,6,9-11,13H,2,4-5,7-8,22H2,1H3,(H,23,26)(H,25,28);2,5-8,10H,3-4H2,1H3,(H,21,24). The van der Waals surface area contributed by atoms with Gasteiger partial charge in [0.2, 0.25) is 0 Å². The summed E-state index contributed by atoms with van der Waals surface area (Å²) in [5, 5.41) is 9.27. The maximum atomic E-state index is 12.4. The Bertz CT molecular complexity index is 2360. The highest BCUT2D eigenvalue weighted by Gasteiger charge is 2.26. The van der Waals surface area contributed by atoms with E-state index in [1.165, 1.54) is 0 Å². The smallest absolute Gasteiger partial charge is 0.251 e. The molecule has 4 aromatic heterocycles. The molecule has 2 saturated carbocycles. The molecule has 8 rings (SSSR count). The zero-order chi connectivity index (χ0) is 37.9. The summed E-state index contributed by atoms with van der Waals surface area (Å²) >= 11 is 10.3. The summed E-state index contributed by atoms with van der Waals surface area (Å²) in [7, 11) is 3.19. The van der Waals surface area contributed by atoms with E-state index in [1.54, 1.807) is 44.8 Å².